The third kappa shape index (κ3) is 3.46. The van der Waals surface area contributed by atoms with Crippen LogP contribution in [0.1, 0.15) is 63.8 Å². The van der Waals surface area contributed by atoms with E-state index in [9.17, 15) is 5.11 Å². The average molecular weight is 292 g/mol. The lowest BCUT2D eigenvalue weighted by molar-refractivity contribution is 0.155. The van der Waals surface area contributed by atoms with E-state index in [2.05, 4.69) is 36.1 Å². The van der Waals surface area contributed by atoms with Gasteiger partial charge < -0.3 is 16.2 Å². The minimum Gasteiger partial charge on any atom is -0.394 e. The van der Waals surface area contributed by atoms with E-state index in [1.54, 1.807) is 0 Å². The topological polar surface area (TPSA) is 84.1 Å². The second-order valence-corrected chi connectivity index (χ2v) is 6.84. The van der Waals surface area contributed by atoms with E-state index in [1.807, 2.05) is 6.92 Å². The van der Waals surface area contributed by atoms with E-state index >= 15 is 0 Å². The molecule has 4 N–H and O–H groups in total. The Balaban J connectivity index is 2.29. The smallest absolute Gasteiger partial charge is 0.135 e. The zero-order valence-electron chi connectivity index (χ0n) is 13.6. The molecule has 1 heterocycles. The van der Waals surface area contributed by atoms with E-state index in [4.69, 9.17) is 5.73 Å². The molecular formula is C16H28N4O. The SMILES string of the molecule is Cc1c(N)nc(C(C)C)nc1NC1(CO)CCC(C)CC1. The average Bonchev–Trinajstić information content (AvgIpc) is 2.46. The summed E-state index contributed by atoms with van der Waals surface area (Å²) < 4.78 is 0. The predicted molar refractivity (Wildman–Crippen MR) is 86.3 cm³/mol. The normalized spacial score (nSPS) is 26.1. The molecule has 1 aromatic heterocycles. The minimum atomic E-state index is -0.272. The van der Waals surface area contributed by atoms with Crippen LogP contribution in [-0.2, 0) is 0 Å². The fourth-order valence-corrected chi connectivity index (χ4v) is 2.82. The summed E-state index contributed by atoms with van der Waals surface area (Å²) in [6.07, 6.45) is 4.18. The molecule has 0 unspecified atom stereocenters. The number of aromatic nitrogens is 2. The van der Waals surface area contributed by atoms with Crippen molar-refractivity contribution in [2.45, 2.75) is 64.8 Å². The van der Waals surface area contributed by atoms with Gasteiger partial charge in [0.2, 0.25) is 0 Å². The highest BCUT2D eigenvalue weighted by Crippen LogP contribution is 2.35. The molecule has 118 valence electrons. The van der Waals surface area contributed by atoms with Crippen LogP contribution >= 0.6 is 0 Å². The van der Waals surface area contributed by atoms with Crippen LogP contribution in [0.2, 0.25) is 0 Å². The Labute approximate surface area is 127 Å². The molecule has 0 radical (unpaired) electrons. The van der Waals surface area contributed by atoms with Gasteiger partial charge in [-0.05, 0) is 38.5 Å². The van der Waals surface area contributed by atoms with Gasteiger partial charge >= 0.3 is 0 Å². The summed E-state index contributed by atoms with van der Waals surface area (Å²) in [5.41, 5.74) is 6.61. The Kier molecular flexibility index (Phi) is 4.71. The zero-order valence-corrected chi connectivity index (χ0v) is 13.6. The van der Waals surface area contributed by atoms with Gasteiger partial charge in [0.1, 0.15) is 17.5 Å². The predicted octanol–water partition coefficient (Wildman–Crippen LogP) is 2.84. The largest absolute Gasteiger partial charge is 0.394 e. The van der Waals surface area contributed by atoms with Gasteiger partial charge in [0.05, 0.1) is 12.1 Å². The molecule has 2 rings (SSSR count). The van der Waals surface area contributed by atoms with E-state index in [0.717, 1.165) is 48.8 Å². The van der Waals surface area contributed by atoms with Crippen LogP contribution in [0.5, 0.6) is 0 Å². The maximum Gasteiger partial charge on any atom is 0.135 e. The van der Waals surface area contributed by atoms with Gasteiger partial charge in [-0.1, -0.05) is 20.8 Å². The third-order valence-electron chi connectivity index (χ3n) is 4.63. The van der Waals surface area contributed by atoms with Crippen molar-refractivity contribution in [3.63, 3.8) is 0 Å². The maximum absolute atomic E-state index is 9.89. The minimum absolute atomic E-state index is 0.125. The summed E-state index contributed by atoms with van der Waals surface area (Å²) in [4.78, 5) is 8.98. The summed E-state index contributed by atoms with van der Waals surface area (Å²) in [6.45, 7) is 8.43. The fraction of sp³-hybridized carbons (Fsp3) is 0.750. The summed E-state index contributed by atoms with van der Waals surface area (Å²) in [7, 11) is 0. The number of rotatable bonds is 4. The Morgan fingerprint density at radius 2 is 1.95 bits per heavy atom. The van der Waals surface area contributed by atoms with Crippen LogP contribution in [-0.4, -0.2) is 27.2 Å². The molecule has 1 aliphatic carbocycles. The lowest BCUT2D eigenvalue weighted by Crippen LogP contribution is -2.45. The number of nitrogens with two attached hydrogens (primary N) is 1. The second-order valence-electron chi connectivity index (χ2n) is 6.84. The number of aliphatic hydroxyl groups excluding tert-OH is 1. The Hall–Kier alpha value is -1.36. The van der Waals surface area contributed by atoms with Crippen LogP contribution in [0.3, 0.4) is 0 Å². The van der Waals surface area contributed by atoms with Gasteiger partial charge in [-0.3, -0.25) is 0 Å². The molecule has 1 aliphatic rings. The molecule has 1 fully saturated rings. The maximum atomic E-state index is 9.89. The zero-order chi connectivity index (χ0) is 15.6. The molecule has 21 heavy (non-hydrogen) atoms. The van der Waals surface area contributed by atoms with E-state index < -0.39 is 0 Å². The fourth-order valence-electron chi connectivity index (χ4n) is 2.82. The lowest BCUT2D eigenvalue weighted by atomic mass is 9.77. The molecule has 5 heteroatoms. The number of hydrogen-bond donors (Lipinski definition) is 3. The van der Waals surface area contributed by atoms with E-state index in [1.165, 1.54) is 0 Å². The lowest BCUT2D eigenvalue weighted by Gasteiger charge is -2.39. The van der Waals surface area contributed by atoms with Gasteiger partial charge in [-0.25, -0.2) is 9.97 Å². The van der Waals surface area contributed by atoms with Crippen LogP contribution in [0.15, 0.2) is 0 Å². The molecule has 0 aromatic carbocycles. The monoisotopic (exact) mass is 292 g/mol. The molecule has 0 aliphatic heterocycles. The van der Waals surface area contributed by atoms with Gasteiger partial charge in [0, 0.05) is 11.5 Å². The van der Waals surface area contributed by atoms with Crippen molar-refractivity contribution in [1.29, 1.82) is 0 Å². The molecule has 0 spiro atoms. The number of hydrogen-bond acceptors (Lipinski definition) is 5. The van der Waals surface area contributed by atoms with E-state index in [0.29, 0.717) is 5.82 Å². The van der Waals surface area contributed by atoms with Crippen LogP contribution in [0.25, 0.3) is 0 Å². The van der Waals surface area contributed by atoms with Gasteiger partial charge in [0.15, 0.2) is 0 Å². The first-order chi connectivity index (χ1) is 9.87. The first-order valence-corrected chi connectivity index (χ1v) is 7.90. The summed E-state index contributed by atoms with van der Waals surface area (Å²) in [6, 6.07) is 0. The molecule has 0 saturated heterocycles. The standard InChI is InChI=1S/C16H28N4O/c1-10(2)14-18-13(17)12(4)15(19-14)20-16(9-21)7-5-11(3)6-8-16/h10-11,21H,5-9H2,1-4H3,(H3,17,18,19,20). The number of nitrogen functional groups attached to an aromatic ring is 1. The van der Waals surface area contributed by atoms with Crippen molar-refractivity contribution in [1.82, 2.24) is 9.97 Å². The molecule has 1 saturated carbocycles. The van der Waals surface area contributed by atoms with Crippen LogP contribution < -0.4 is 11.1 Å². The first-order valence-electron chi connectivity index (χ1n) is 7.90. The van der Waals surface area contributed by atoms with Crippen LogP contribution in [0, 0.1) is 12.8 Å². The summed E-state index contributed by atoms with van der Waals surface area (Å²) >= 11 is 0. The van der Waals surface area contributed by atoms with E-state index in [-0.39, 0.29) is 18.1 Å². The Morgan fingerprint density at radius 1 is 1.33 bits per heavy atom. The van der Waals surface area contributed by atoms with Crippen molar-refractivity contribution in [2.75, 3.05) is 17.7 Å². The molecule has 5 nitrogen and oxygen atoms in total. The van der Waals surface area contributed by atoms with Crippen molar-refractivity contribution in [3.05, 3.63) is 11.4 Å². The van der Waals surface area contributed by atoms with Crippen molar-refractivity contribution < 1.29 is 5.11 Å². The molecule has 1 aromatic rings. The van der Waals surface area contributed by atoms with Gasteiger partial charge in [-0.15, -0.1) is 0 Å². The number of aliphatic hydroxyl groups is 1. The quantitative estimate of drug-likeness (QED) is 0.794. The third-order valence-corrected chi connectivity index (χ3v) is 4.63. The second kappa shape index (κ2) is 6.18. The molecule has 0 amide bonds. The molecule has 0 bridgehead atoms. The Morgan fingerprint density at radius 3 is 2.48 bits per heavy atom. The van der Waals surface area contributed by atoms with Crippen molar-refractivity contribution in [3.8, 4) is 0 Å². The summed E-state index contributed by atoms with van der Waals surface area (Å²) in [5.74, 6) is 3.00. The highest BCUT2D eigenvalue weighted by Gasteiger charge is 2.34. The molecule has 0 atom stereocenters. The Bertz CT molecular complexity index is 493. The van der Waals surface area contributed by atoms with Crippen molar-refractivity contribution in [2.24, 2.45) is 5.92 Å². The van der Waals surface area contributed by atoms with Crippen molar-refractivity contribution >= 4 is 11.6 Å². The first kappa shape index (κ1) is 16.0. The van der Waals surface area contributed by atoms with Gasteiger partial charge in [-0.2, -0.15) is 0 Å². The summed E-state index contributed by atoms with van der Waals surface area (Å²) in [5, 5.41) is 13.4. The number of nitrogens with one attached hydrogen (secondary N) is 1. The van der Waals surface area contributed by atoms with Crippen LogP contribution in [0.4, 0.5) is 11.6 Å². The highest BCUT2D eigenvalue weighted by atomic mass is 16.3. The highest BCUT2D eigenvalue weighted by molar-refractivity contribution is 5.56. The number of anilines is 2. The number of nitrogens with zero attached hydrogens (tertiary/aromatic N) is 2. The van der Waals surface area contributed by atoms with Gasteiger partial charge in [0.25, 0.3) is 0 Å². The molecular weight excluding hydrogens is 264 g/mol.